The Hall–Kier alpha value is -3.09. The predicted molar refractivity (Wildman–Crippen MR) is 125 cm³/mol. The van der Waals surface area contributed by atoms with Gasteiger partial charge in [-0.05, 0) is 36.9 Å². The summed E-state index contributed by atoms with van der Waals surface area (Å²) in [5, 5.41) is 25.6. The van der Waals surface area contributed by atoms with Crippen molar-refractivity contribution >= 4 is 56.3 Å². The van der Waals surface area contributed by atoms with Crippen molar-refractivity contribution in [1.29, 1.82) is 0 Å². The number of nitro groups is 1. The van der Waals surface area contributed by atoms with E-state index in [9.17, 15) is 24.8 Å². The van der Waals surface area contributed by atoms with E-state index < -0.39 is 28.2 Å². The van der Waals surface area contributed by atoms with E-state index >= 15 is 0 Å². The van der Waals surface area contributed by atoms with Gasteiger partial charge < -0.3 is 9.84 Å². The number of non-ortho nitro benzene ring substituents is 1. The lowest BCUT2D eigenvalue weighted by molar-refractivity contribution is -0.385. The Morgan fingerprint density at radius 2 is 2.18 bits per heavy atom. The zero-order valence-electron chi connectivity index (χ0n) is 17.2. The Bertz CT molecular complexity index is 1490. The molecule has 12 heteroatoms. The first kappa shape index (κ1) is 23.1. The zero-order chi connectivity index (χ0) is 23.9. The maximum Gasteiger partial charge on any atom is 0.338 e. The molecule has 0 fully saturated rings. The molecule has 3 heterocycles. The van der Waals surface area contributed by atoms with Crippen LogP contribution < -0.4 is 20.0 Å². The van der Waals surface area contributed by atoms with Gasteiger partial charge in [-0.2, -0.15) is 0 Å². The van der Waals surface area contributed by atoms with Crippen molar-refractivity contribution < 1.29 is 19.6 Å². The lowest BCUT2D eigenvalue weighted by Gasteiger charge is -2.23. The van der Waals surface area contributed by atoms with Crippen molar-refractivity contribution in [3.63, 3.8) is 0 Å². The molecule has 0 N–H and O–H groups in total. The lowest BCUT2D eigenvalue weighted by atomic mass is 10.0. The Kier molecular flexibility index (Phi) is 6.32. The van der Waals surface area contributed by atoms with Crippen LogP contribution in [-0.2, 0) is 9.53 Å². The van der Waals surface area contributed by atoms with Gasteiger partial charge in [0, 0.05) is 21.5 Å². The number of nitro benzene ring substituents is 1. The van der Waals surface area contributed by atoms with Crippen LogP contribution in [0.5, 0.6) is 5.75 Å². The van der Waals surface area contributed by atoms with E-state index in [1.165, 1.54) is 22.0 Å². The number of allylic oxidation sites excluding steroid dienone is 1. The van der Waals surface area contributed by atoms with Gasteiger partial charge in [-0.3, -0.25) is 19.5 Å². The minimum Gasteiger partial charge on any atom is -0.871 e. The maximum absolute atomic E-state index is 13.4. The largest absolute Gasteiger partial charge is 0.871 e. The van der Waals surface area contributed by atoms with Crippen LogP contribution >= 0.6 is 38.6 Å². The Labute approximate surface area is 202 Å². The Morgan fingerprint density at radius 1 is 1.42 bits per heavy atom. The number of carbonyl (C=O) groups excluding carboxylic acids is 1. The molecule has 0 amide bonds. The molecule has 1 aromatic carbocycles. The van der Waals surface area contributed by atoms with Crippen molar-refractivity contribution in [3.8, 4) is 5.75 Å². The standard InChI is InChI=1S/C21H16BrN3O6S2/c1-3-31-20(28)16-10(2)23-21-24(17(16)14-5-4-6-32-14)19(27)15(33-21)8-11-7-12(25(29)30)9-13(22)18(11)26/h4-9,17,26H,3H2,1-2H3/p-1/b15-8-/t17-/m0/s1. The van der Waals surface area contributed by atoms with Crippen molar-refractivity contribution in [2.24, 2.45) is 4.99 Å². The van der Waals surface area contributed by atoms with Crippen LogP contribution in [0.15, 0.2) is 55.2 Å². The van der Waals surface area contributed by atoms with Gasteiger partial charge in [0.15, 0.2) is 4.80 Å². The molecule has 1 atom stereocenters. The number of fused-ring (bicyclic) bond motifs is 1. The number of esters is 1. The van der Waals surface area contributed by atoms with Crippen LogP contribution in [0, 0.1) is 10.1 Å². The number of halogens is 1. The molecule has 0 unspecified atom stereocenters. The summed E-state index contributed by atoms with van der Waals surface area (Å²) in [4.78, 5) is 42.3. The number of thiophene rings is 1. The zero-order valence-corrected chi connectivity index (χ0v) is 20.5. The van der Waals surface area contributed by atoms with Crippen molar-refractivity contribution in [3.05, 3.63) is 85.6 Å². The fourth-order valence-electron chi connectivity index (χ4n) is 3.46. The summed E-state index contributed by atoms with van der Waals surface area (Å²) in [7, 11) is 0. The van der Waals surface area contributed by atoms with E-state index in [1.54, 1.807) is 13.8 Å². The SMILES string of the molecule is CCOC(=O)C1=C(C)N=c2s/c(=C\c3cc([N+](=O)[O-])cc(Br)c3[O-])c(=O)n2[C@H]1c1cccs1. The molecule has 0 saturated heterocycles. The molecule has 0 bridgehead atoms. The second-order valence-electron chi connectivity index (χ2n) is 6.92. The van der Waals surface area contributed by atoms with Gasteiger partial charge in [0.1, 0.15) is 6.04 Å². The fraction of sp³-hybridized carbons (Fsp3) is 0.190. The van der Waals surface area contributed by atoms with Crippen LogP contribution in [0.1, 0.15) is 30.3 Å². The third-order valence-electron chi connectivity index (χ3n) is 4.88. The Morgan fingerprint density at radius 3 is 2.82 bits per heavy atom. The monoisotopic (exact) mass is 548 g/mol. The first-order valence-electron chi connectivity index (χ1n) is 9.61. The number of rotatable bonds is 5. The molecule has 0 saturated carbocycles. The molecule has 33 heavy (non-hydrogen) atoms. The third kappa shape index (κ3) is 4.16. The third-order valence-corrected chi connectivity index (χ3v) is 7.38. The first-order valence-corrected chi connectivity index (χ1v) is 12.1. The molecule has 1 aliphatic rings. The summed E-state index contributed by atoms with van der Waals surface area (Å²) in [5.74, 6) is -1.04. The quantitative estimate of drug-likeness (QED) is 0.274. The van der Waals surface area contributed by atoms with Crippen molar-refractivity contribution in [2.75, 3.05) is 6.61 Å². The number of benzene rings is 1. The van der Waals surface area contributed by atoms with E-state index in [1.807, 2.05) is 17.5 Å². The molecule has 0 aliphatic carbocycles. The van der Waals surface area contributed by atoms with Gasteiger partial charge in [-0.15, -0.1) is 11.3 Å². The molecule has 2 aromatic heterocycles. The molecule has 0 spiro atoms. The second kappa shape index (κ2) is 9.04. The van der Waals surface area contributed by atoms with Gasteiger partial charge in [0.25, 0.3) is 11.2 Å². The van der Waals surface area contributed by atoms with Gasteiger partial charge in [-0.25, -0.2) is 9.79 Å². The summed E-state index contributed by atoms with van der Waals surface area (Å²) in [5.41, 5.74) is -0.0515. The highest BCUT2D eigenvalue weighted by Gasteiger charge is 2.33. The summed E-state index contributed by atoms with van der Waals surface area (Å²) < 4.78 is 6.81. The topological polar surface area (TPSA) is 127 Å². The molecular weight excluding hydrogens is 534 g/mol. The number of nitrogens with zero attached hydrogens (tertiary/aromatic N) is 3. The van der Waals surface area contributed by atoms with Crippen LogP contribution in [0.3, 0.4) is 0 Å². The average Bonchev–Trinajstić information content (AvgIpc) is 3.39. The highest BCUT2D eigenvalue weighted by atomic mass is 79.9. The smallest absolute Gasteiger partial charge is 0.338 e. The fourth-order valence-corrected chi connectivity index (χ4v) is 5.79. The van der Waals surface area contributed by atoms with Crippen LogP contribution in [-0.4, -0.2) is 22.1 Å². The highest BCUT2D eigenvalue weighted by molar-refractivity contribution is 9.10. The van der Waals surface area contributed by atoms with E-state index in [0.29, 0.717) is 10.5 Å². The predicted octanol–water partition coefficient (Wildman–Crippen LogP) is 2.60. The molecule has 9 nitrogen and oxygen atoms in total. The number of hydrogen-bond donors (Lipinski definition) is 0. The summed E-state index contributed by atoms with van der Waals surface area (Å²) in [6, 6.07) is 5.14. The molecule has 3 aromatic rings. The van der Waals surface area contributed by atoms with Crippen LogP contribution in [0.2, 0.25) is 0 Å². The summed E-state index contributed by atoms with van der Waals surface area (Å²) in [6.45, 7) is 3.54. The molecule has 0 radical (unpaired) electrons. The van der Waals surface area contributed by atoms with E-state index in [4.69, 9.17) is 4.74 Å². The van der Waals surface area contributed by atoms with Gasteiger partial charge in [-0.1, -0.05) is 39.1 Å². The summed E-state index contributed by atoms with van der Waals surface area (Å²) in [6.07, 6.45) is 1.32. The number of aromatic nitrogens is 1. The number of hydrogen-bond acceptors (Lipinski definition) is 9. The van der Waals surface area contributed by atoms with Crippen molar-refractivity contribution in [2.45, 2.75) is 19.9 Å². The number of carbonyl (C=O) groups is 1. The minimum atomic E-state index is -0.731. The second-order valence-corrected chi connectivity index (χ2v) is 9.76. The van der Waals surface area contributed by atoms with E-state index in [2.05, 4.69) is 20.9 Å². The lowest BCUT2D eigenvalue weighted by Crippen LogP contribution is -2.39. The molecule has 1 aliphatic heterocycles. The number of thiazole rings is 1. The molecular formula is C21H15BrN3O6S2-. The summed E-state index contributed by atoms with van der Waals surface area (Å²) >= 11 is 5.47. The van der Waals surface area contributed by atoms with E-state index in [0.717, 1.165) is 28.3 Å². The molecule has 4 rings (SSSR count). The highest BCUT2D eigenvalue weighted by Crippen LogP contribution is 2.33. The number of ether oxygens (including phenoxy) is 1. The van der Waals surface area contributed by atoms with Gasteiger partial charge in [0.05, 0.1) is 27.3 Å². The first-order chi connectivity index (χ1) is 15.7. The average molecular weight is 549 g/mol. The molecule has 170 valence electrons. The van der Waals surface area contributed by atoms with E-state index in [-0.39, 0.29) is 32.4 Å². The van der Waals surface area contributed by atoms with Gasteiger partial charge in [0.2, 0.25) is 0 Å². The maximum atomic E-state index is 13.4. The van der Waals surface area contributed by atoms with Gasteiger partial charge >= 0.3 is 5.97 Å². The van der Waals surface area contributed by atoms with Crippen LogP contribution in [0.25, 0.3) is 6.08 Å². The van der Waals surface area contributed by atoms with Crippen molar-refractivity contribution in [1.82, 2.24) is 4.57 Å². The normalized spacial score (nSPS) is 15.8. The Balaban J connectivity index is 1.96. The minimum absolute atomic E-state index is 0.00431. The van der Waals surface area contributed by atoms with Crippen LogP contribution in [0.4, 0.5) is 5.69 Å².